The lowest BCUT2D eigenvalue weighted by Crippen LogP contribution is -2.49. The van der Waals surface area contributed by atoms with Crippen molar-refractivity contribution in [2.75, 3.05) is 23.3 Å². The summed E-state index contributed by atoms with van der Waals surface area (Å²) < 4.78 is 0. The molecule has 1 saturated heterocycles. The average Bonchev–Trinajstić information content (AvgIpc) is 3.25. The van der Waals surface area contributed by atoms with Gasteiger partial charge in [0.1, 0.15) is 0 Å². The van der Waals surface area contributed by atoms with E-state index in [-0.39, 0.29) is 11.9 Å². The molecular formula is C25H27N3O2S. The van der Waals surface area contributed by atoms with Crippen molar-refractivity contribution < 1.29 is 9.59 Å². The van der Waals surface area contributed by atoms with Crippen LogP contribution >= 0.6 is 11.3 Å². The first-order valence-corrected chi connectivity index (χ1v) is 11.4. The van der Waals surface area contributed by atoms with E-state index in [1.54, 1.807) is 16.2 Å². The van der Waals surface area contributed by atoms with Crippen LogP contribution in [0.15, 0.2) is 60.0 Å². The Bertz CT molecular complexity index is 1080. The molecule has 3 amide bonds. The number of aryl methyl sites for hydroxylation is 2. The Labute approximate surface area is 187 Å². The van der Waals surface area contributed by atoms with E-state index in [0.717, 1.165) is 29.1 Å². The van der Waals surface area contributed by atoms with Crippen LogP contribution < -0.4 is 10.2 Å². The molecule has 0 radical (unpaired) electrons. The molecule has 2 aromatic carbocycles. The van der Waals surface area contributed by atoms with Gasteiger partial charge in [0.25, 0.3) is 0 Å². The van der Waals surface area contributed by atoms with Gasteiger partial charge in [-0.25, -0.2) is 4.79 Å². The van der Waals surface area contributed by atoms with Crippen LogP contribution in [0, 0.1) is 13.8 Å². The molecule has 1 aliphatic heterocycles. The van der Waals surface area contributed by atoms with Gasteiger partial charge in [0.2, 0.25) is 5.91 Å². The molecule has 1 aliphatic rings. The largest absolute Gasteiger partial charge is 0.326 e. The molecule has 0 bridgehead atoms. The van der Waals surface area contributed by atoms with Crippen LogP contribution in [0.1, 0.15) is 28.0 Å². The molecule has 4 rings (SSSR count). The number of nitrogens with one attached hydrogen (secondary N) is 1. The predicted octanol–water partition coefficient (Wildman–Crippen LogP) is 5.38. The Balaban J connectivity index is 1.44. The summed E-state index contributed by atoms with van der Waals surface area (Å²) in [4.78, 5) is 30.3. The summed E-state index contributed by atoms with van der Waals surface area (Å²) in [5.41, 5.74) is 5.16. The van der Waals surface area contributed by atoms with Gasteiger partial charge >= 0.3 is 6.03 Å². The molecule has 1 fully saturated rings. The number of hydrogen-bond acceptors (Lipinski definition) is 3. The maximum atomic E-state index is 13.2. The number of thiophene rings is 1. The Morgan fingerprint density at radius 2 is 1.90 bits per heavy atom. The van der Waals surface area contributed by atoms with Crippen LogP contribution in [0.25, 0.3) is 0 Å². The third kappa shape index (κ3) is 5.14. The van der Waals surface area contributed by atoms with Gasteiger partial charge in [-0.2, -0.15) is 0 Å². The highest BCUT2D eigenvalue weighted by molar-refractivity contribution is 7.10. The van der Waals surface area contributed by atoms with Crippen molar-refractivity contribution in [3.8, 4) is 0 Å². The van der Waals surface area contributed by atoms with Crippen LogP contribution in [0.4, 0.5) is 16.2 Å². The van der Waals surface area contributed by atoms with E-state index >= 15 is 0 Å². The van der Waals surface area contributed by atoms with E-state index < -0.39 is 0 Å². The van der Waals surface area contributed by atoms with Gasteiger partial charge in [-0.3, -0.25) is 9.69 Å². The molecule has 1 N–H and O–H groups in total. The number of anilines is 2. The normalized spacial score (nSPS) is 14.1. The molecule has 0 spiro atoms. The van der Waals surface area contributed by atoms with E-state index in [4.69, 9.17) is 0 Å². The fourth-order valence-corrected chi connectivity index (χ4v) is 4.52. The minimum Gasteiger partial charge on any atom is -0.326 e. The van der Waals surface area contributed by atoms with E-state index in [9.17, 15) is 9.59 Å². The first-order chi connectivity index (χ1) is 15.0. The van der Waals surface area contributed by atoms with Crippen molar-refractivity contribution in [3.05, 3.63) is 81.5 Å². The van der Waals surface area contributed by atoms with Crippen LogP contribution in [-0.2, 0) is 17.8 Å². The number of amides is 3. The summed E-state index contributed by atoms with van der Waals surface area (Å²) in [6, 6.07) is 17.8. The number of urea groups is 1. The molecule has 1 aromatic heterocycles. The third-order valence-electron chi connectivity index (χ3n) is 5.61. The second-order valence-corrected chi connectivity index (χ2v) is 9.01. The lowest BCUT2D eigenvalue weighted by molar-refractivity contribution is -0.115. The van der Waals surface area contributed by atoms with Gasteiger partial charge in [0.15, 0.2) is 0 Å². The summed E-state index contributed by atoms with van der Waals surface area (Å²) in [6.07, 6.45) is 1.26. The van der Waals surface area contributed by atoms with Crippen molar-refractivity contribution in [1.29, 1.82) is 0 Å². The summed E-state index contributed by atoms with van der Waals surface area (Å²) in [5.74, 6) is -0.0547. The van der Waals surface area contributed by atoms with Crippen LogP contribution in [0.3, 0.4) is 0 Å². The highest BCUT2D eigenvalue weighted by atomic mass is 32.1. The highest BCUT2D eigenvalue weighted by Crippen LogP contribution is 2.25. The topological polar surface area (TPSA) is 52.6 Å². The summed E-state index contributed by atoms with van der Waals surface area (Å²) in [6.45, 7) is 6.22. The average molecular weight is 434 g/mol. The first-order valence-electron chi connectivity index (χ1n) is 10.5. The van der Waals surface area contributed by atoms with Gasteiger partial charge in [0.05, 0.1) is 6.42 Å². The van der Waals surface area contributed by atoms with Crippen LogP contribution in [-0.4, -0.2) is 29.9 Å². The van der Waals surface area contributed by atoms with Gasteiger partial charge in [-0.05, 0) is 66.6 Å². The standard InChI is InChI=1S/C25H27N3O2S/c1-18-9-10-20(14-19(18)2)17-27-11-5-12-28(25(27)30)22-7-3-6-21(15-22)26-24(29)16-23-8-4-13-31-23/h3-4,6-10,13-15H,5,11-12,16-17H2,1-2H3,(H,26,29). The first kappa shape index (κ1) is 21.1. The van der Waals surface area contributed by atoms with Crippen molar-refractivity contribution in [2.24, 2.45) is 0 Å². The second kappa shape index (κ2) is 9.35. The zero-order chi connectivity index (χ0) is 21.8. The minimum atomic E-state index is -0.0547. The molecule has 0 aliphatic carbocycles. The van der Waals surface area contributed by atoms with Crippen LogP contribution in [0.2, 0.25) is 0 Å². The summed E-state index contributed by atoms with van der Waals surface area (Å²) in [7, 11) is 0. The molecule has 0 atom stereocenters. The Morgan fingerprint density at radius 1 is 1.03 bits per heavy atom. The molecule has 31 heavy (non-hydrogen) atoms. The molecular weight excluding hydrogens is 406 g/mol. The molecule has 0 unspecified atom stereocenters. The lowest BCUT2D eigenvalue weighted by Gasteiger charge is -2.36. The SMILES string of the molecule is Cc1ccc(CN2CCCN(c3cccc(NC(=O)Cc4cccs4)c3)C2=O)cc1C. The van der Waals surface area contributed by atoms with Crippen molar-refractivity contribution in [2.45, 2.75) is 33.2 Å². The van der Waals surface area contributed by atoms with Crippen molar-refractivity contribution in [1.82, 2.24) is 4.90 Å². The third-order valence-corrected chi connectivity index (χ3v) is 6.49. The molecule has 5 nitrogen and oxygen atoms in total. The van der Waals surface area contributed by atoms with E-state index in [1.807, 2.05) is 46.7 Å². The van der Waals surface area contributed by atoms with Gasteiger partial charge in [-0.1, -0.05) is 30.3 Å². The number of hydrogen-bond donors (Lipinski definition) is 1. The van der Waals surface area contributed by atoms with Crippen molar-refractivity contribution >= 4 is 34.6 Å². The zero-order valence-electron chi connectivity index (χ0n) is 17.9. The number of rotatable bonds is 6. The molecule has 160 valence electrons. The lowest BCUT2D eigenvalue weighted by atomic mass is 10.1. The van der Waals surface area contributed by atoms with Gasteiger partial charge in [0, 0.05) is 35.9 Å². The maximum Gasteiger partial charge on any atom is 0.324 e. The van der Waals surface area contributed by atoms with E-state index in [2.05, 4.69) is 37.4 Å². The maximum absolute atomic E-state index is 13.2. The number of carbonyl (C=O) groups excluding carboxylic acids is 2. The van der Waals surface area contributed by atoms with Gasteiger partial charge < -0.3 is 10.2 Å². The van der Waals surface area contributed by atoms with E-state index in [0.29, 0.717) is 25.2 Å². The highest BCUT2D eigenvalue weighted by Gasteiger charge is 2.27. The molecule has 2 heterocycles. The number of carbonyl (C=O) groups is 2. The fraction of sp³-hybridized carbons (Fsp3) is 0.280. The van der Waals surface area contributed by atoms with Crippen molar-refractivity contribution in [3.63, 3.8) is 0 Å². The molecule has 0 saturated carbocycles. The quantitative estimate of drug-likeness (QED) is 0.568. The minimum absolute atomic E-state index is 0.00606. The fourth-order valence-electron chi connectivity index (χ4n) is 3.82. The van der Waals surface area contributed by atoms with Crippen LogP contribution in [0.5, 0.6) is 0 Å². The molecule has 6 heteroatoms. The molecule has 3 aromatic rings. The number of benzene rings is 2. The Morgan fingerprint density at radius 3 is 2.68 bits per heavy atom. The Hall–Kier alpha value is -3.12. The van der Waals surface area contributed by atoms with E-state index in [1.165, 1.54) is 11.1 Å². The number of nitrogens with zero attached hydrogens (tertiary/aromatic N) is 2. The monoisotopic (exact) mass is 433 g/mol. The summed E-state index contributed by atoms with van der Waals surface area (Å²) >= 11 is 1.57. The second-order valence-electron chi connectivity index (χ2n) is 7.98. The summed E-state index contributed by atoms with van der Waals surface area (Å²) in [5, 5.41) is 4.92. The zero-order valence-corrected chi connectivity index (χ0v) is 18.7. The Kier molecular flexibility index (Phi) is 6.37. The smallest absolute Gasteiger partial charge is 0.324 e. The predicted molar refractivity (Wildman–Crippen MR) is 127 cm³/mol. The van der Waals surface area contributed by atoms with Gasteiger partial charge in [-0.15, -0.1) is 11.3 Å².